The molecule has 1 aromatic heterocycles. The Labute approximate surface area is 114 Å². The van der Waals surface area contributed by atoms with Crippen molar-refractivity contribution in [2.24, 2.45) is 0 Å². The number of nitrogens with one attached hydrogen (secondary N) is 1. The van der Waals surface area contributed by atoms with Crippen molar-refractivity contribution >= 4 is 23.2 Å². The van der Waals surface area contributed by atoms with Crippen LogP contribution in [0, 0.1) is 0 Å². The van der Waals surface area contributed by atoms with E-state index in [4.69, 9.17) is 5.11 Å². The van der Waals surface area contributed by atoms with Crippen LogP contribution in [-0.2, 0) is 0 Å². The van der Waals surface area contributed by atoms with E-state index in [0.717, 1.165) is 5.56 Å². The molecule has 2 aromatic rings. The summed E-state index contributed by atoms with van der Waals surface area (Å²) in [6.45, 7) is 1.91. The lowest BCUT2D eigenvalue weighted by molar-refractivity contribution is 0.0696. The van der Waals surface area contributed by atoms with Gasteiger partial charge >= 0.3 is 5.97 Å². The van der Waals surface area contributed by atoms with Gasteiger partial charge in [-0.05, 0) is 53.6 Å². The minimum atomic E-state index is -1.00. The molecule has 0 fully saturated rings. The molecule has 0 aliphatic heterocycles. The van der Waals surface area contributed by atoms with Gasteiger partial charge in [0.2, 0.25) is 0 Å². The van der Waals surface area contributed by atoms with E-state index >= 15 is 0 Å². The fraction of sp³-hybridized carbons (Fsp3) is 0.143. The van der Waals surface area contributed by atoms with Gasteiger partial charge in [-0.3, -0.25) is 4.79 Å². The topological polar surface area (TPSA) is 66.4 Å². The summed E-state index contributed by atoms with van der Waals surface area (Å²) in [6, 6.07) is 7.76. The molecule has 0 aliphatic carbocycles. The third-order valence-corrected chi connectivity index (χ3v) is 3.49. The van der Waals surface area contributed by atoms with Gasteiger partial charge in [0, 0.05) is 5.56 Å². The number of rotatable bonds is 4. The zero-order valence-corrected chi connectivity index (χ0v) is 11.1. The number of amides is 1. The number of aromatic carboxylic acids is 1. The molecule has 4 nitrogen and oxygen atoms in total. The second kappa shape index (κ2) is 5.67. The molecule has 0 saturated carbocycles. The molecule has 98 valence electrons. The standard InChI is InChI=1S/C14H13NO3S/c1-9(12-6-7-19-8-12)15-13(16)10-2-4-11(5-3-10)14(17)18/h2-9H,1H3,(H,15,16)(H,17,18). The lowest BCUT2D eigenvalue weighted by atomic mass is 10.1. The first-order chi connectivity index (χ1) is 9.08. The van der Waals surface area contributed by atoms with E-state index in [2.05, 4.69) is 5.32 Å². The second-order valence-electron chi connectivity index (χ2n) is 4.13. The van der Waals surface area contributed by atoms with Gasteiger partial charge in [0.15, 0.2) is 0 Å². The van der Waals surface area contributed by atoms with E-state index in [1.807, 2.05) is 23.8 Å². The van der Waals surface area contributed by atoms with Crippen LogP contribution in [0.2, 0.25) is 0 Å². The summed E-state index contributed by atoms with van der Waals surface area (Å²) in [5.41, 5.74) is 1.68. The van der Waals surface area contributed by atoms with Crippen LogP contribution in [0.4, 0.5) is 0 Å². The number of carbonyl (C=O) groups excluding carboxylic acids is 1. The van der Waals surface area contributed by atoms with Crippen molar-refractivity contribution in [2.45, 2.75) is 13.0 Å². The van der Waals surface area contributed by atoms with E-state index < -0.39 is 5.97 Å². The summed E-state index contributed by atoms with van der Waals surface area (Å²) in [7, 11) is 0. The van der Waals surface area contributed by atoms with E-state index in [-0.39, 0.29) is 17.5 Å². The van der Waals surface area contributed by atoms with Crippen molar-refractivity contribution in [2.75, 3.05) is 0 Å². The molecule has 19 heavy (non-hydrogen) atoms. The number of benzene rings is 1. The number of carboxylic acid groups (broad SMARTS) is 1. The summed E-state index contributed by atoms with van der Waals surface area (Å²) in [5.74, 6) is -1.21. The number of hydrogen-bond donors (Lipinski definition) is 2. The zero-order valence-electron chi connectivity index (χ0n) is 10.3. The average Bonchev–Trinajstić information content (AvgIpc) is 2.92. The molecule has 1 heterocycles. The Morgan fingerprint density at radius 2 is 1.79 bits per heavy atom. The van der Waals surface area contributed by atoms with Gasteiger partial charge in [-0.15, -0.1) is 0 Å². The number of carbonyl (C=O) groups is 2. The molecule has 2 N–H and O–H groups in total. The van der Waals surface area contributed by atoms with Crippen molar-refractivity contribution in [3.05, 3.63) is 57.8 Å². The van der Waals surface area contributed by atoms with Crippen LogP contribution in [0.1, 0.15) is 39.2 Å². The molecule has 0 aliphatic rings. The van der Waals surface area contributed by atoms with E-state index in [0.29, 0.717) is 5.56 Å². The molecule has 1 unspecified atom stereocenters. The first-order valence-electron chi connectivity index (χ1n) is 5.74. The molecule has 0 spiro atoms. The Morgan fingerprint density at radius 1 is 1.16 bits per heavy atom. The largest absolute Gasteiger partial charge is 0.478 e. The van der Waals surface area contributed by atoms with Crippen LogP contribution in [0.25, 0.3) is 0 Å². The fourth-order valence-electron chi connectivity index (χ4n) is 1.65. The quantitative estimate of drug-likeness (QED) is 0.901. The summed E-state index contributed by atoms with van der Waals surface area (Å²) < 4.78 is 0. The van der Waals surface area contributed by atoms with Gasteiger partial charge in [0.05, 0.1) is 11.6 Å². The highest BCUT2D eigenvalue weighted by atomic mass is 32.1. The lowest BCUT2D eigenvalue weighted by Gasteiger charge is -2.12. The van der Waals surface area contributed by atoms with Gasteiger partial charge in [0.1, 0.15) is 0 Å². The van der Waals surface area contributed by atoms with Crippen molar-refractivity contribution < 1.29 is 14.7 Å². The van der Waals surface area contributed by atoms with Crippen molar-refractivity contribution in [3.8, 4) is 0 Å². The molecular formula is C14H13NO3S. The predicted molar refractivity (Wildman–Crippen MR) is 73.6 cm³/mol. The second-order valence-corrected chi connectivity index (χ2v) is 4.91. The van der Waals surface area contributed by atoms with E-state index in [1.165, 1.54) is 24.3 Å². The van der Waals surface area contributed by atoms with Crippen molar-refractivity contribution in [3.63, 3.8) is 0 Å². The predicted octanol–water partition coefficient (Wildman–Crippen LogP) is 2.94. The highest BCUT2D eigenvalue weighted by Crippen LogP contribution is 2.16. The molecule has 0 bridgehead atoms. The SMILES string of the molecule is CC(NC(=O)c1ccc(C(=O)O)cc1)c1ccsc1. The highest BCUT2D eigenvalue weighted by molar-refractivity contribution is 7.07. The molecule has 0 saturated heterocycles. The number of carboxylic acids is 1. The Morgan fingerprint density at radius 3 is 2.32 bits per heavy atom. The third kappa shape index (κ3) is 3.20. The summed E-state index contributed by atoms with van der Waals surface area (Å²) in [5, 5.41) is 15.6. The summed E-state index contributed by atoms with van der Waals surface area (Å²) in [6.07, 6.45) is 0. The third-order valence-electron chi connectivity index (χ3n) is 2.78. The van der Waals surface area contributed by atoms with Gasteiger partial charge < -0.3 is 10.4 Å². The maximum Gasteiger partial charge on any atom is 0.335 e. The van der Waals surface area contributed by atoms with Crippen LogP contribution in [-0.4, -0.2) is 17.0 Å². The zero-order chi connectivity index (χ0) is 13.8. The molecule has 1 aromatic carbocycles. The van der Waals surface area contributed by atoms with E-state index in [1.54, 1.807) is 11.3 Å². The van der Waals surface area contributed by atoms with Crippen LogP contribution in [0.5, 0.6) is 0 Å². The van der Waals surface area contributed by atoms with Gasteiger partial charge in [-0.2, -0.15) is 11.3 Å². The first-order valence-corrected chi connectivity index (χ1v) is 6.68. The molecular weight excluding hydrogens is 262 g/mol. The van der Waals surface area contributed by atoms with Gasteiger partial charge in [-0.25, -0.2) is 4.79 Å². The highest BCUT2D eigenvalue weighted by Gasteiger charge is 2.12. The normalized spacial score (nSPS) is 11.8. The number of hydrogen-bond acceptors (Lipinski definition) is 3. The molecule has 1 amide bonds. The Hall–Kier alpha value is -2.14. The van der Waals surface area contributed by atoms with Crippen molar-refractivity contribution in [1.82, 2.24) is 5.32 Å². The number of thiophene rings is 1. The average molecular weight is 275 g/mol. The van der Waals surface area contributed by atoms with Crippen LogP contribution in [0.15, 0.2) is 41.1 Å². The fourth-order valence-corrected chi connectivity index (χ4v) is 2.40. The van der Waals surface area contributed by atoms with Crippen LogP contribution in [0.3, 0.4) is 0 Å². The lowest BCUT2D eigenvalue weighted by Crippen LogP contribution is -2.26. The molecule has 0 radical (unpaired) electrons. The van der Waals surface area contributed by atoms with Crippen LogP contribution >= 0.6 is 11.3 Å². The van der Waals surface area contributed by atoms with Gasteiger partial charge in [0.25, 0.3) is 5.91 Å². The smallest absolute Gasteiger partial charge is 0.335 e. The minimum absolute atomic E-state index is 0.0714. The Balaban J connectivity index is 2.05. The molecule has 5 heteroatoms. The maximum absolute atomic E-state index is 12.0. The monoisotopic (exact) mass is 275 g/mol. The molecule has 2 rings (SSSR count). The minimum Gasteiger partial charge on any atom is -0.478 e. The van der Waals surface area contributed by atoms with E-state index in [9.17, 15) is 9.59 Å². The Bertz CT molecular complexity index is 575. The Kier molecular flexibility index (Phi) is 3.97. The maximum atomic E-state index is 12.0. The summed E-state index contributed by atoms with van der Waals surface area (Å²) >= 11 is 1.58. The van der Waals surface area contributed by atoms with Gasteiger partial charge in [-0.1, -0.05) is 0 Å². The summed E-state index contributed by atoms with van der Waals surface area (Å²) in [4.78, 5) is 22.7. The molecule has 1 atom stereocenters. The van der Waals surface area contributed by atoms with Crippen molar-refractivity contribution in [1.29, 1.82) is 0 Å². The van der Waals surface area contributed by atoms with Crippen LogP contribution < -0.4 is 5.32 Å². The first kappa shape index (κ1) is 13.3.